The number of nitrogens with one attached hydrogen (secondary N) is 1. The van der Waals surface area contributed by atoms with Crippen molar-refractivity contribution < 1.29 is 14.3 Å². The normalized spacial score (nSPS) is 16.9. The molecule has 142 valence electrons. The van der Waals surface area contributed by atoms with Crippen molar-refractivity contribution in [2.75, 3.05) is 11.9 Å². The summed E-state index contributed by atoms with van der Waals surface area (Å²) in [5, 5.41) is 2.93. The van der Waals surface area contributed by atoms with E-state index in [0.717, 1.165) is 6.42 Å². The molecule has 27 heavy (non-hydrogen) atoms. The molecule has 1 saturated heterocycles. The van der Waals surface area contributed by atoms with E-state index in [0.29, 0.717) is 30.2 Å². The Morgan fingerprint density at radius 2 is 1.96 bits per heavy atom. The molecule has 0 unspecified atom stereocenters. The van der Waals surface area contributed by atoms with E-state index in [2.05, 4.69) is 10.3 Å². The molecule has 1 N–H and O–H groups in total. The molecule has 6 heteroatoms. The highest BCUT2D eigenvalue weighted by molar-refractivity contribution is 5.99. The van der Waals surface area contributed by atoms with Crippen LogP contribution >= 0.6 is 0 Å². The molecule has 0 aliphatic carbocycles. The molecule has 2 heterocycles. The predicted octanol–water partition coefficient (Wildman–Crippen LogP) is 3.85. The van der Waals surface area contributed by atoms with E-state index in [1.54, 1.807) is 41.6 Å². The monoisotopic (exact) mass is 367 g/mol. The van der Waals surface area contributed by atoms with E-state index in [1.807, 2.05) is 32.9 Å². The van der Waals surface area contributed by atoms with Gasteiger partial charge in [0.05, 0.1) is 11.9 Å². The summed E-state index contributed by atoms with van der Waals surface area (Å²) in [6.07, 6.45) is 4.77. The van der Waals surface area contributed by atoms with E-state index < -0.39 is 11.5 Å². The summed E-state index contributed by atoms with van der Waals surface area (Å²) >= 11 is 0. The maximum absolute atomic E-state index is 12.9. The lowest BCUT2D eigenvalue weighted by Gasteiger charge is -2.30. The molecule has 0 spiro atoms. The van der Waals surface area contributed by atoms with Crippen LogP contribution in [0.15, 0.2) is 48.8 Å². The van der Waals surface area contributed by atoms with Gasteiger partial charge in [-0.05, 0) is 37.1 Å². The van der Waals surface area contributed by atoms with Crippen molar-refractivity contribution in [3.8, 4) is 11.5 Å². The minimum absolute atomic E-state index is 0.0000417. The van der Waals surface area contributed by atoms with Gasteiger partial charge in [-0.15, -0.1) is 0 Å². The van der Waals surface area contributed by atoms with Crippen LogP contribution in [0.5, 0.6) is 11.5 Å². The molecule has 1 aromatic heterocycles. The number of ether oxygens (including phenoxy) is 1. The van der Waals surface area contributed by atoms with Crippen molar-refractivity contribution in [2.45, 2.75) is 39.7 Å². The van der Waals surface area contributed by atoms with Gasteiger partial charge in [-0.1, -0.05) is 32.9 Å². The molecule has 3 rings (SSSR count). The van der Waals surface area contributed by atoms with Crippen LogP contribution in [-0.4, -0.2) is 34.3 Å². The Kier molecular flexibility index (Phi) is 5.44. The van der Waals surface area contributed by atoms with E-state index in [9.17, 15) is 9.59 Å². The fraction of sp³-hybridized carbons (Fsp3) is 0.381. The van der Waals surface area contributed by atoms with Crippen molar-refractivity contribution in [3.63, 3.8) is 0 Å². The highest BCUT2D eigenvalue weighted by Gasteiger charge is 2.38. The van der Waals surface area contributed by atoms with Gasteiger partial charge in [-0.2, -0.15) is 0 Å². The van der Waals surface area contributed by atoms with E-state index >= 15 is 0 Å². The maximum Gasteiger partial charge on any atom is 0.247 e. The lowest BCUT2D eigenvalue weighted by Crippen LogP contribution is -2.47. The molecular weight excluding hydrogens is 342 g/mol. The third-order valence-electron chi connectivity index (χ3n) is 4.47. The van der Waals surface area contributed by atoms with Crippen LogP contribution in [0.4, 0.5) is 5.69 Å². The summed E-state index contributed by atoms with van der Waals surface area (Å²) < 4.78 is 5.84. The highest BCUT2D eigenvalue weighted by atomic mass is 16.5. The second-order valence-electron chi connectivity index (χ2n) is 7.68. The number of amides is 2. The third kappa shape index (κ3) is 4.45. The first-order chi connectivity index (χ1) is 12.9. The number of hydrogen-bond acceptors (Lipinski definition) is 4. The average Bonchev–Trinajstić information content (AvgIpc) is 3.12. The summed E-state index contributed by atoms with van der Waals surface area (Å²) in [4.78, 5) is 31.3. The fourth-order valence-electron chi connectivity index (χ4n) is 3.12. The predicted molar refractivity (Wildman–Crippen MR) is 104 cm³/mol. The minimum atomic E-state index is -0.510. The van der Waals surface area contributed by atoms with Crippen molar-refractivity contribution in [1.29, 1.82) is 0 Å². The molecule has 1 aliphatic rings. The van der Waals surface area contributed by atoms with E-state index in [4.69, 9.17) is 4.74 Å². The number of nitrogens with zero attached hydrogens (tertiary/aromatic N) is 2. The average molecular weight is 367 g/mol. The molecule has 1 aliphatic heterocycles. The Labute approximate surface area is 159 Å². The summed E-state index contributed by atoms with van der Waals surface area (Å²) in [5.41, 5.74) is 0.0610. The molecule has 0 radical (unpaired) electrons. The molecule has 2 amide bonds. The first kappa shape index (κ1) is 18.9. The Hall–Kier alpha value is -2.89. The number of benzene rings is 1. The molecule has 1 aromatic carbocycles. The van der Waals surface area contributed by atoms with Crippen molar-refractivity contribution in [2.24, 2.45) is 5.41 Å². The summed E-state index contributed by atoms with van der Waals surface area (Å²) in [5.74, 6) is 0.933. The number of anilines is 1. The van der Waals surface area contributed by atoms with Crippen molar-refractivity contribution in [1.82, 2.24) is 9.88 Å². The first-order valence-electron chi connectivity index (χ1n) is 9.15. The fourth-order valence-corrected chi connectivity index (χ4v) is 3.12. The molecule has 0 bridgehead atoms. The number of para-hydroxylation sites is 2. The van der Waals surface area contributed by atoms with Crippen molar-refractivity contribution in [3.05, 3.63) is 48.8 Å². The number of likely N-dealkylation sites (tertiary alicyclic amines) is 1. The SMILES string of the molecule is CC(C)(C)C(=O)N1CCC[C@@H]1C(=O)Nc1ccccc1Oc1cccnc1. The Morgan fingerprint density at radius 3 is 2.67 bits per heavy atom. The van der Waals surface area contributed by atoms with Crippen LogP contribution in [0.25, 0.3) is 0 Å². The van der Waals surface area contributed by atoms with E-state index in [-0.39, 0.29) is 11.8 Å². The lowest BCUT2D eigenvalue weighted by atomic mass is 9.94. The summed E-state index contributed by atoms with van der Waals surface area (Å²) in [6, 6.07) is 10.4. The Bertz CT molecular complexity index is 815. The zero-order chi connectivity index (χ0) is 19.4. The molecule has 2 aromatic rings. The van der Waals surface area contributed by atoms with Gasteiger partial charge in [0.15, 0.2) is 5.75 Å². The minimum Gasteiger partial charge on any atom is -0.454 e. The van der Waals surface area contributed by atoms with Crippen molar-refractivity contribution >= 4 is 17.5 Å². The number of rotatable bonds is 4. The van der Waals surface area contributed by atoms with Gasteiger partial charge < -0.3 is 15.0 Å². The molecule has 0 saturated carbocycles. The van der Waals surface area contributed by atoms with Gasteiger partial charge in [0.25, 0.3) is 0 Å². The molecular formula is C21H25N3O3. The number of hydrogen-bond donors (Lipinski definition) is 1. The standard InChI is InChI=1S/C21H25N3O3/c1-21(2,3)20(26)24-13-7-10-17(24)19(25)23-16-9-4-5-11-18(16)27-15-8-6-12-22-14-15/h4-6,8-9,11-12,14,17H,7,10,13H2,1-3H3,(H,23,25)/t17-/m1/s1. The zero-order valence-corrected chi connectivity index (χ0v) is 15.9. The quantitative estimate of drug-likeness (QED) is 0.891. The molecule has 1 atom stereocenters. The molecule has 6 nitrogen and oxygen atoms in total. The van der Waals surface area contributed by atoms with Crippen LogP contribution in [0.1, 0.15) is 33.6 Å². The second kappa shape index (κ2) is 7.78. The van der Waals surface area contributed by atoms with Gasteiger partial charge >= 0.3 is 0 Å². The second-order valence-corrected chi connectivity index (χ2v) is 7.68. The number of pyridine rings is 1. The first-order valence-corrected chi connectivity index (χ1v) is 9.15. The number of carbonyl (C=O) groups is 2. The van der Waals surface area contributed by atoms with Crippen LogP contribution in [0.3, 0.4) is 0 Å². The lowest BCUT2D eigenvalue weighted by molar-refractivity contribution is -0.143. The summed E-state index contributed by atoms with van der Waals surface area (Å²) in [7, 11) is 0. The van der Waals surface area contributed by atoms with E-state index in [1.165, 1.54) is 0 Å². The van der Waals surface area contributed by atoms with Crippen LogP contribution in [0, 0.1) is 5.41 Å². The smallest absolute Gasteiger partial charge is 0.247 e. The summed E-state index contributed by atoms with van der Waals surface area (Å²) in [6.45, 7) is 6.24. The molecule has 1 fully saturated rings. The largest absolute Gasteiger partial charge is 0.454 e. The van der Waals surface area contributed by atoms with Crippen LogP contribution in [0.2, 0.25) is 0 Å². The number of aromatic nitrogens is 1. The van der Waals surface area contributed by atoms with Crippen LogP contribution < -0.4 is 10.1 Å². The van der Waals surface area contributed by atoms with Gasteiger partial charge in [-0.25, -0.2) is 0 Å². The number of carbonyl (C=O) groups excluding carboxylic acids is 2. The zero-order valence-electron chi connectivity index (χ0n) is 15.9. The van der Waals surface area contributed by atoms with Crippen LogP contribution in [-0.2, 0) is 9.59 Å². The van der Waals surface area contributed by atoms with Gasteiger partial charge in [0, 0.05) is 18.2 Å². The van der Waals surface area contributed by atoms with Gasteiger partial charge in [0.2, 0.25) is 11.8 Å². The maximum atomic E-state index is 12.9. The topological polar surface area (TPSA) is 71.5 Å². The highest BCUT2D eigenvalue weighted by Crippen LogP contribution is 2.31. The van der Waals surface area contributed by atoms with Gasteiger partial charge in [-0.3, -0.25) is 14.6 Å². The Morgan fingerprint density at radius 1 is 1.19 bits per heavy atom. The third-order valence-corrected chi connectivity index (χ3v) is 4.47. The van der Waals surface area contributed by atoms with Gasteiger partial charge in [0.1, 0.15) is 11.8 Å². The Balaban J connectivity index is 1.75.